The van der Waals surface area contributed by atoms with Gasteiger partial charge in [0.05, 0.1) is 11.5 Å². The second kappa shape index (κ2) is 5.87. The van der Waals surface area contributed by atoms with Gasteiger partial charge >= 0.3 is 0 Å². The van der Waals surface area contributed by atoms with Crippen molar-refractivity contribution in [1.82, 2.24) is 10.6 Å². The van der Waals surface area contributed by atoms with Crippen LogP contribution in [0.3, 0.4) is 0 Å². The van der Waals surface area contributed by atoms with Crippen LogP contribution >= 0.6 is 0 Å². The van der Waals surface area contributed by atoms with Crippen LogP contribution < -0.4 is 10.6 Å². The van der Waals surface area contributed by atoms with Crippen molar-refractivity contribution >= 4 is 5.91 Å². The smallest absolute Gasteiger partial charge is 0.228 e. The van der Waals surface area contributed by atoms with Crippen molar-refractivity contribution in [2.24, 2.45) is 5.41 Å². The maximum Gasteiger partial charge on any atom is 0.228 e. The van der Waals surface area contributed by atoms with Crippen molar-refractivity contribution in [2.75, 3.05) is 13.1 Å². The Balaban J connectivity index is 2.12. The number of hydrogen-bond donors (Lipinski definition) is 2. The molecule has 0 spiro atoms. The van der Waals surface area contributed by atoms with Crippen LogP contribution in [0.2, 0.25) is 0 Å². The van der Waals surface area contributed by atoms with E-state index in [1.54, 1.807) is 6.92 Å². The first-order valence-electron chi connectivity index (χ1n) is 6.95. The lowest BCUT2D eigenvalue weighted by molar-refractivity contribution is -0.131. The van der Waals surface area contributed by atoms with E-state index < -0.39 is 23.1 Å². The molecule has 0 aliphatic carbocycles. The van der Waals surface area contributed by atoms with E-state index in [-0.39, 0.29) is 11.5 Å². The van der Waals surface area contributed by atoms with Crippen LogP contribution in [0.15, 0.2) is 18.2 Å². The molecule has 5 heteroatoms. The lowest BCUT2D eigenvalue weighted by Crippen LogP contribution is -2.43. The molecule has 1 saturated heterocycles. The summed E-state index contributed by atoms with van der Waals surface area (Å²) in [6, 6.07) is 2.73. The number of nitrogens with one attached hydrogen (secondary N) is 2. The summed E-state index contributed by atoms with van der Waals surface area (Å²) in [5.74, 6) is -1.11. The highest BCUT2D eigenvalue weighted by molar-refractivity contribution is 5.83. The molecule has 1 aromatic carbocycles. The standard InChI is InChI=1S/C15H20F2N2O/c1-3-15(6-7-18-9-15)14(20)19-10(2)12-8-11(16)4-5-13(12)17/h4-5,8,10,18H,3,6-7,9H2,1-2H3,(H,19,20). The number of rotatable bonds is 4. The van der Waals surface area contributed by atoms with Crippen LogP contribution in [0.1, 0.15) is 38.3 Å². The molecule has 2 unspecified atom stereocenters. The van der Waals surface area contributed by atoms with Crippen LogP contribution in [0, 0.1) is 17.0 Å². The average Bonchev–Trinajstić information content (AvgIpc) is 2.91. The molecule has 1 fully saturated rings. The molecule has 0 saturated carbocycles. The van der Waals surface area contributed by atoms with Gasteiger partial charge in [0.2, 0.25) is 5.91 Å². The second-order valence-electron chi connectivity index (χ2n) is 5.42. The van der Waals surface area contributed by atoms with Crippen LogP contribution in [-0.4, -0.2) is 19.0 Å². The van der Waals surface area contributed by atoms with Crippen molar-refractivity contribution in [3.05, 3.63) is 35.4 Å². The summed E-state index contributed by atoms with van der Waals surface area (Å²) < 4.78 is 26.9. The molecule has 0 bridgehead atoms. The zero-order valence-corrected chi connectivity index (χ0v) is 11.8. The molecule has 1 heterocycles. The summed E-state index contributed by atoms with van der Waals surface area (Å²) in [6.45, 7) is 5.08. The monoisotopic (exact) mass is 282 g/mol. The number of carbonyl (C=O) groups is 1. The Morgan fingerprint density at radius 2 is 2.25 bits per heavy atom. The topological polar surface area (TPSA) is 41.1 Å². The van der Waals surface area contributed by atoms with E-state index in [4.69, 9.17) is 0 Å². The Bertz CT molecular complexity index is 499. The van der Waals surface area contributed by atoms with Gasteiger partial charge in [0.25, 0.3) is 0 Å². The first kappa shape index (κ1) is 14.9. The minimum absolute atomic E-state index is 0.0961. The van der Waals surface area contributed by atoms with Gasteiger partial charge in [-0.3, -0.25) is 4.79 Å². The van der Waals surface area contributed by atoms with Crippen molar-refractivity contribution in [3.63, 3.8) is 0 Å². The predicted octanol–water partition coefficient (Wildman–Crippen LogP) is 2.53. The molecule has 0 aromatic heterocycles. The summed E-state index contributed by atoms with van der Waals surface area (Å²) in [6.07, 6.45) is 1.50. The molecule has 2 rings (SSSR count). The van der Waals surface area contributed by atoms with Gasteiger partial charge in [0.1, 0.15) is 11.6 Å². The van der Waals surface area contributed by atoms with E-state index in [0.717, 1.165) is 37.6 Å². The first-order valence-corrected chi connectivity index (χ1v) is 6.95. The fourth-order valence-electron chi connectivity index (χ4n) is 2.67. The third-order valence-electron chi connectivity index (χ3n) is 4.17. The molecule has 3 nitrogen and oxygen atoms in total. The van der Waals surface area contributed by atoms with Crippen LogP contribution in [-0.2, 0) is 4.79 Å². The van der Waals surface area contributed by atoms with E-state index in [2.05, 4.69) is 10.6 Å². The fraction of sp³-hybridized carbons (Fsp3) is 0.533. The van der Waals surface area contributed by atoms with Crippen LogP contribution in [0.5, 0.6) is 0 Å². The van der Waals surface area contributed by atoms with E-state index >= 15 is 0 Å². The van der Waals surface area contributed by atoms with Gasteiger partial charge in [0.15, 0.2) is 0 Å². The van der Waals surface area contributed by atoms with Crippen molar-refractivity contribution in [1.29, 1.82) is 0 Å². The first-order chi connectivity index (χ1) is 9.48. The molecule has 2 atom stereocenters. The van der Waals surface area contributed by atoms with Crippen LogP contribution in [0.25, 0.3) is 0 Å². The minimum atomic E-state index is -0.553. The highest BCUT2D eigenvalue weighted by Gasteiger charge is 2.39. The molecule has 1 aliphatic heterocycles. The minimum Gasteiger partial charge on any atom is -0.349 e. The van der Waals surface area contributed by atoms with Gasteiger partial charge < -0.3 is 10.6 Å². The SMILES string of the molecule is CCC1(C(=O)NC(C)c2cc(F)ccc2F)CCNC1. The third-order valence-corrected chi connectivity index (χ3v) is 4.17. The number of halogens is 2. The van der Waals surface area contributed by atoms with E-state index in [9.17, 15) is 13.6 Å². The average molecular weight is 282 g/mol. The van der Waals surface area contributed by atoms with E-state index in [0.29, 0.717) is 6.54 Å². The van der Waals surface area contributed by atoms with Crippen molar-refractivity contribution in [2.45, 2.75) is 32.7 Å². The number of carbonyl (C=O) groups excluding carboxylic acids is 1. The van der Waals surface area contributed by atoms with Gasteiger partial charge in [-0.05, 0) is 44.5 Å². The second-order valence-corrected chi connectivity index (χ2v) is 5.42. The summed E-state index contributed by atoms with van der Waals surface area (Å²) in [7, 11) is 0. The Morgan fingerprint density at radius 3 is 2.85 bits per heavy atom. The molecular weight excluding hydrogens is 262 g/mol. The third kappa shape index (κ3) is 2.82. The quantitative estimate of drug-likeness (QED) is 0.891. The van der Waals surface area contributed by atoms with Gasteiger partial charge in [-0.1, -0.05) is 6.92 Å². The number of amides is 1. The Morgan fingerprint density at radius 1 is 1.50 bits per heavy atom. The Labute approximate surface area is 117 Å². The van der Waals surface area contributed by atoms with Gasteiger partial charge in [-0.25, -0.2) is 8.78 Å². The summed E-state index contributed by atoms with van der Waals surface area (Å²) in [5.41, 5.74) is -0.256. The zero-order valence-electron chi connectivity index (χ0n) is 11.8. The predicted molar refractivity (Wildman–Crippen MR) is 73.1 cm³/mol. The highest BCUT2D eigenvalue weighted by atomic mass is 19.1. The lowest BCUT2D eigenvalue weighted by atomic mass is 9.83. The number of benzene rings is 1. The normalized spacial score (nSPS) is 23.6. The molecule has 1 amide bonds. The molecule has 110 valence electrons. The lowest BCUT2D eigenvalue weighted by Gasteiger charge is -2.27. The fourth-order valence-corrected chi connectivity index (χ4v) is 2.67. The maximum absolute atomic E-state index is 13.7. The van der Waals surface area contributed by atoms with Gasteiger partial charge in [0, 0.05) is 12.1 Å². The Kier molecular flexibility index (Phi) is 4.38. The largest absolute Gasteiger partial charge is 0.349 e. The van der Waals surface area contributed by atoms with E-state index in [1.807, 2.05) is 6.92 Å². The van der Waals surface area contributed by atoms with E-state index in [1.165, 1.54) is 0 Å². The summed E-state index contributed by atoms with van der Waals surface area (Å²) in [4.78, 5) is 12.4. The number of hydrogen-bond acceptors (Lipinski definition) is 2. The van der Waals surface area contributed by atoms with Crippen molar-refractivity contribution in [3.8, 4) is 0 Å². The van der Waals surface area contributed by atoms with Gasteiger partial charge in [-0.2, -0.15) is 0 Å². The molecule has 20 heavy (non-hydrogen) atoms. The van der Waals surface area contributed by atoms with Crippen molar-refractivity contribution < 1.29 is 13.6 Å². The molecule has 1 aromatic rings. The summed E-state index contributed by atoms with van der Waals surface area (Å²) in [5, 5.41) is 6.00. The maximum atomic E-state index is 13.7. The molecule has 1 aliphatic rings. The summed E-state index contributed by atoms with van der Waals surface area (Å²) >= 11 is 0. The molecule has 2 N–H and O–H groups in total. The van der Waals surface area contributed by atoms with Gasteiger partial charge in [-0.15, -0.1) is 0 Å². The molecule has 0 radical (unpaired) electrons. The molecular formula is C15H20F2N2O. The zero-order chi connectivity index (χ0) is 14.8. The van der Waals surface area contributed by atoms with Crippen LogP contribution in [0.4, 0.5) is 8.78 Å². The highest BCUT2D eigenvalue weighted by Crippen LogP contribution is 2.30. The Hall–Kier alpha value is -1.49.